The Labute approximate surface area is 120 Å². The van der Waals surface area contributed by atoms with Crippen LogP contribution in [0.25, 0.3) is 0 Å². The number of nitrogens with zero attached hydrogens (tertiary/aromatic N) is 2. The summed E-state index contributed by atoms with van der Waals surface area (Å²) in [5, 5.41) is 21.5. The summed E-state index contributed by atoms with van der Waals surface area (Å²) in [5.41, 5.74) is -0.189. The highest BCUT2D eigenvalue weighted by atomic mass is 35.5. The van der Waals surface area contributed by atoms with E-state index in [1.807, 2.05) is 0 Å². The monoisotopic (exact) mass is 316 g/mol. The van der Waals surface area contributed by atoms with Crippen LogP contribution in [0.1, 0.15) is 9.67 Å². The molecule has 0 saturated heterocycles. The van der Waals surface area contributed by atoms with Gasteiger partial charge >= 0.3 is 5.97 Å². The molecule has 0 aromatic carbocycles. The Morgan fingerprint density at radius 2 is 2.26 bits per heavy atom. The number of carboxylic acid groups (broad SMARTS) is 1. The largest absolute Gasteiger partial charge is 0.477 e. The van der Waals surface area contributed by atoms with Crippen LogP contribution in [0.2, 0.25) is 5.02 Å². The molecule has 0 atom stereocenters. The van der Waals surface area contributed by atoms with Crippen molar-refractivity contribution in [1.82, 2.24) is 4.98 Å². The molecule has 6 nitrogen and oxygen atoms in total. The van der Waals surface area contributed by atoms with Crippen molar-refractivity contribution in [3.05, 3.63) is 43.7 Å². The van der Waals surface area contributed by atoms with Crippen LogP contribution in [0.4, 0.5) is 5.69 Å². The van der Waals surface area contributed by atoms with Crippen molar-refractivity contribution in [2.45, 2.75) is 9.92 Å². The minimum Gasteiger partial charge on any atom is -0.477 e. The van der Waals surface area contributed by atoms with E-state index in [-0.39, 0.29) is 15.6 Å². The van der Waals surface area contributed by atoms with E-state index in [0.29, 0.717) is 9.92 Å². The van der Waals surface area contributed by atoms with Gasteiger partial charge in [0.15, 0.2) is 0 Å². The molecule has 0 unspecified atom stereocenters. The number of aromatic carboxylic acids is 1. The van der Waals surface area contributed by atoms with E-state index in [1.165, 1.54) is 12.1 Å². The van der Waals surface area contributed by atoms with Gasteiger partial charge in [-0.1, -0.05) is 23.4 Å². The molecule has 0 saturated carbocycles. The lowest BCUT2D eigenvalue weighted by molar-refractivity contribution is -0.385. The van der Waals surface area contributed by atoms with Crippen LogP contribution in [0.15, 0.2) is 33.6 Å². The Kier molecular flexibility index (Phi) is 4.03. The molecule has 98 valence electrons. The van der Waals surface area contributed by atoms with E-state index < -0.39 is 10.9 Å². The van der Waals surface area contributed by atoms with Gasteiger partial charge in [-0.15, -0.1) is 11.3 Å². The Hall–Kier alpha value is -1.64. The summed E-state index contributed by atoms with van der Waals surface area (Å²) in [6, 6.07) is 2.71. The molecule has 0 spiro atoms. The Morgan fingerprint density at radius 3 is 2.79 bits per heavy atom. The zero-order valence-corrected chi connectivity index (χ0v) is 11.5. The van der Waals surface area contributed by atoms with Gasteiger partial charge in [0.05, 0.1) is 9.95 Å². The quantitative estimate of drug-likeness (QED) is 0.684. The van der Waals surface area contributed by atoms with Crippen molar-refractivity contribution in [3.8, 4) is 0 Å². The van der Waals surface area contributed by atoms with Gasteiger partial charge in [0.2, 0.25) is 0 Å². The molecule has 2 aromatic heterocycles. The Bertz CT molecular complexity index is 659. The number of aromatic nitrogens is 1. The van der Waals surface area contributed by atoms with Crippen molar-refractivity contribution >= 4 is 46.4 Å². The molecule has 2 rings (SSSR count). The normalized spacial score (nSPS) is 10.4. The second-order valence-electron chi connectivity index (χ2n) is 3.29. The minimum atomic E-state index is -1.00. The molecule has 0 amide bonds. The van der Waals surface area contributed by atoms with Crippen LogP contribution in [0.3, 0.4) is 0 Å². The van der Waals surface area contributed by atoms with Gasteiger partial charge < -0.3 is 5.11 Å². The van der Waals surface area contributed by atoms with Gasteiger partial charge in [-0.25, -0.2) is 9.78 Å². The number of nitro groups is 1. The number of halogens is 1. The van der Waals surface area contributed by atoms with Gasteiger partial charge in [-0.05, 0) is 6.07 Å². The van der Waals surface area contributed by atoms with Crippen molar-refractivity contribution in [2.24, 2.45) is 0 Å². The smallest absolute Gasteiger partial charge is 0.345 e. The number of thiophene rings is 1. The zero-order chi connectivity index (χ0) is 14.0. The fourth-order valence-corrected chi connectivity index (χ4v) is 3.14. The molecule has 0 aliphatic rings. The predicted molar refractivity (Wildman–Crippen MR) is 71.3 cm³/mol. The van der Waals surface area contributed by atoms with E-state index >= 15 is 0 Å². The number of hydrogen-bond acceptors (Lipinski definition) is 6. The summed E-state index contributed by atoms with van der Waals surface area (Å²) in [6.45, 7) is 0. The lowest BCUT2D eigenvalue weighted by Gasteiger charge is -2.00. The highest BCUT2D eigenvalue weighted by Crippen LogP contribution is 2.35. The fourth-order valence-electron chi connectivity index (χ4n) is 1.19. The first-order chi connectivity index (χ1) is 8.97. The molecule has 0 bridgehead atoms. The molecular weight excluding hydrogens is 312 g/mol. The van der Waals surface area contributed by atoms with Gasteiger partial charge in [0.1, 0.15) is 16.1 Å². The molecule has 2 heterocycles. The summed E-state index contributed by atoms with van der Waals surface area (Å²) in [5.74, 6) is -1.00. The number of carbonyl (C=O) groups is 1. The first-order valence-corrected chi connectivity index (χ1v) is 6.84. The molecule has 0 fully saturated rings. The van der Waals surface area contributed by atoms with Crippen LogP contribution in [0, 0.1) is 10.1 Å². The van der Waals surface area contributed by atoms with Crippen LogP contribution >= 0.6 is 34.7 Å². The number of hydrogen-bond donors (Lipinski definition) is 1. The van der Waals surface area contributed by atoms with Gasteiger partial charge in [0, 0.05) is 16.3 Å². The summed E-state index contributed by atoms with van der Waals surface area (Å²) >= 11 is 8.14. The number of pyridine rings is 1. The second-order valence-corrected chi connectivity index (χ2v) is 5.67. The van der Waals surface area contributed by atoms with E-state index in [9.17, 15) is 14.9 Å². The average Bonchev–Trinajstić information content (AvgIpc) is 2.80. The van der Waals surface area contributed by atoms with E-state index in [4.69, 9.17) is 16.7 Å². The summed E-state index contributed by atoms with van der Waals surface area (Å²) in [4.78, 5) is 25.5. The highest BCUT2D eigenvalue weighted by molar-refractivity contribution is 7.99. The molecule has 9 heteroatoms. The Balaban J connectivity index is 2.23. The molecule has 2 aromatic rings. The molecule has 0 aliphatic heterocycles. The van der Waals surface area contributed by atoms with Crippen LogP contribution < -0.4 is 0 Å². The summed E-state index contributed by atoms with van der Waals surface area (Å²) < 4.78 is 0. The lowest BCUT2D eigenvalue weighted by atomic mass is 10.4. The SMILES string of the molecule is O=C(O)c1cc(Sc2ncc([N+](=O)[O-])cc2Cl)cs1. The molecule has 0 radical (unpaired) electrons. The van der Waals surface area contributed by atoms with Crippen molar-refractivity contribution < 1.29 is 14.8 Å². The van der Waals surface area contributed by atoms with Gasteiger partial charge in [-0.2, -0.15) is 0 Å². The standard InChI is InChI=1S/C10H5ClN2O4S2/c11-7-1-5(13(16)17)3-12-9(7)19-6-2-8(10(14)15)18-4-6/h1-4H,(H,14,15). The first kappa shape index (κ1) is 13.8. The predicted octanol–water partition coefficient (Wildman–Crippen LogP) is 3.55. The van der Waals surface area contributed by atoms with Gasteiger partial charge in [-0.3, -0.25) is 10.1 Å². The van der Waals surface area contributed by atoms with E-state index in [2.05, 4.69) is 4.98 Å². The zero-order valence-electron chi connectivity index (χ0n) is 9.07. The first-order valence-electron chi connectivity index (χ1n) is 4.77. The maximum Gasteiger partial charge on any atom is 0.345 e. The third-order valence-corrected chi connectivity index (χ3v) is 4.46. The maximum atomic E-state index is 10.7. The summed E-state index contributed by atoms with van der Waals surface area (Å²) in [7, 11) is 0. The maximum absolute atomic E-state index is 10.7. The summed E-state index contributed by atoms with van der Waals surface area (Å²) in [6.07, 6.45) is 1.11. The molecule has 1 N–H and O–H groups in total. The Morgan fingerprint density at radius 1 is 1.53 bits per heavy atom. The number of rotatable bonds is 4. The third kappa shape index (κ3) is 3.22. The van der Waals surface area contributed by atoms with Gasteiger partial charge in [0.25, 0.3) is 5.69 Å². The lowest BCUT2D eigenvalue weighted by Crippen LogP contribution is -1.91. The topological polar surface area (TPSA) is 93.3 Å². The van der Waals surface area contributed by atoms with Crippen molar-refractivity contribution in [1.29, 1.82) is 0 Å². The third-order valence-electron chi connectivity index (χ3n) is 2.00. The fraction of sp³-hybridized carbons (Fsp3) is 0. The van der Waals surface area contributed by atoms with E-state index in [0.717, 1.165) is 29.3 Å². The van der Waals surface area contributed by atoms with E-state index in [1.54, 1.807) is 5.38 Å². The van der Waals surface area contributed by atoms with Crippen LogP contribution in [-0.4, -0.2) is 21.0 Å². The number of carboxylic acids is 1. The minimum absolute atomic E-state index is 0.155. The average molecular weight is 317 g/mol. The van der Waals surface area contributed by atoms with Crippen molar-refractivity contribution in [3.63, 3.8) is 0 Å². The molecule has 0 aliphatic carbocycles. The van der Waals surface area contributed by atoms with Crippen LogP contribution in [-0.2, 0) is 0 Å². The van der Waals surface area contributed by atoms with Crippen LogP contribution in [0.5, 0.6) is 0 Å². The molecule has 19 heavy (non-hydrogen) atoms. The van der Waals surface area contributed by atoms with Crippen molar-refractivity contribution in [2.75, 3.05) is 0 Å². The highest BCUT2D eigenvalue weighted by Gasteiger charge is 2.13. The second kappa shape index (κ2) is 5.55. The molecular formula is C10H5ClN2O4S2.